The molecule has 32 heavy (non-hydrogen) atoms. The van der Waals surface area contributed by atoms with Gasteiger partial charge in [0.05, 0.1) is 17.4 Å². The molecule has 0 aliphatic heterocycles. The molecule has 0 atom stereocenters. The van der Waals surface area contributed by atoms with Gasteiger partial charge in [-0.25, -0.2) is 14.7 Å². The van der Waals surface area contributed by atoms with Crippen LogP contribution in [0.3, 0.4) is 0 Å². The van der Waals surface area contributed by atoms with Crippen molar-refractivity contribution < 1.29 is 14.4 Å². The highest BCUT2D eigenvalue weighted by molar-refractivity contribution is 5.93. The third-order valence-corrected chi connectivity index (χ3v) is 5.34. The van der Waals surface area contributed by atoms with E-state index in [1.54, 1.807) is 24.3 Å². The first-order valence-corrected chi connectivity index (χ1v) is 9.99. The maximum atomic E-state index is 14.7. The van der Waals surface area contributed by atoms with E-state index in [2.05, 4.69) is 0 Å². The van der Waals surface area contributed by atoms with Crippen LogP contribution in [0.1, 0.15) is 21.5 Å². The lowest BCUT2D eigenvalue weighted by molar-refractivity contribution is 0.0706. The highest BCUT2D eigenvalue weighted by Crippen LogP contribution is 2.15. The molecule has 0 saturated heterocycles. The predicted molar refractivity (Wildman–Crippen MR) is 117 cm³/mol. The van der Waals surface area contributed by atoms with Gasteiger partial charge in [0.15, 0.2) is 0 Å². The van der Waals surface area contributed by atoms with E-state index in [0.717, 1.165) is 11.6 Å². The number of nitrogens with zero attached hydrogens (tertiary/aromatic N) is 2. The number of aryl methyl sites for hydroxylation is 1. The van der Waals surface area contributed by atoms with Gasteiger partial charge in [0.1, 0.15) is 5.82 Å². The van der Waals surface area contributed by atoms with Gasteiger partial charge in [-0.1, -0.05) is 48.5 Å². The van der Waals surface area contributed by atoms with Gasteiger partial charge < -0.3 is 0 Å². The molecule has 0 radical (unpaired) electrons. The number of para-hydroxylation sites is 1. The van der Waals surface area contributed by atoms with Crippen molar-refractivity contribution in [2.75, 3.05) is 0 Å². The standard InChI is InChI=1S/C24H20FN3O4/c25-20-14-17(22(29)26-32)10-11-18(20)15-28-21-9-5-4-8-19(21)23(30)27(24(28)31)13-12-16-6-2-1-3-7-16/h1-11,14,32H,12-13,15H2,(H,26,29). The molecule has 0 unspecified atom stereocenters. The second kappa shape index (κ2) is 8.99. The van der Waals surface area contributed by atoms with Crippen molar-refractivity contribution in [3.63, 3.8) is 0 Å². The molecular weight excluding hydrogens is 413 g/mol. The fraction of sp³-hybridized carbons (Fsp3) is 0.125. The minimum atomic E-state index is -0.840. The van der Waals surface area contributed by atoms with Crippen LogP contribution in [0.5, 0.6) is 0 Å². The number of hydrogen-bond donors (Lipinski definition) is 2. The van der Waals surface area contributed by atoms with Crippen molar-refractivity contribution in [1.82, 2.24) is 14.6 Å². The minimum absolute atomic E-state index is 0.0567. The Balaban J connectivity index is 1.78. The van der Waals surface area contributed by atoms with E-state index in [1.807, 2.05) is 30.3 Å². The normalized spacial score (nSPS) is 10.9. The summed E-state index contributed by atoms with van der Waals surface area (Å²) >= 11 is 0. The zero-order chi connectivity index (χ0) is 22.7. The second-order valence-corrected chi connectivity index (χ2v) is 7.33. The SMILES string of the molecule is O=C(NO)c1ccc(Cn2c(=O)n(CCc3ccccc3)c(=O)c3ccccc32)c(F)c1. The lowest BCUT2D eigenvalue weighted by Gasteiger charge is -2.15. The summed E-state index contributed by atoms with van der Waals surface area (Å²) in [5.41, 5.74) is 2.01. The van der Waals surface area contributed by atoms with Crippen LogP contribution in [0.2, 0.25) is 0 Å². The molecule has 8 heteroatoms. The van der Waals surface area contributed by atoms with Crippen LogP contribution >= 0.6 is 0 Å². The Bertz CT molecular complexity index is 1410. The zero-order valence-electron chi connectivity index (χ0n) is 17.0. The summed E-state index contributed by atoms with van der Waals surface area (Å²) in [4.78, 5) is 37.8. The van der Waals surface area contributed by atoms with Crippen LogP contribution in [-0.2, 0) is 19.5 Å². The van der Waals surface area contributed by atoms with E-state index < -0.39 is 23.0 Å². The Morgan fingerprint density at radius 3 is 2.38 bits per heavy atom. The van der Waals surface area contributed by atoms with E-state index in [9.17, 15) is 18.8 Å². The number of halogens is 1. The maximum Gasteiger partial charge on any atom is 0.331 e. The smallest absolute Gasteiger partial charge is 0.289 e. The molecule has 4 aromatic rings. The number of amides is 1. The van der Waals surface area contributed by atoms with Crippen LogP contribution in [0, 0.1) is 5.82 Å². The molecule has 0 bridgehead atoms. The van der Waals surface area contributed by atoms with Gasteiger partial charge in [-0.3, -0.25) is 23.9 Å². The molecule has 7 nitrogen and oxygen atoms in total. The molecule has 1 heterocycles. The van der Waals surface area contributed by atoms with Gasteiger partial charge in [0.2, 0.25) is 0 Å². The average molecular weight is 433 g/mol. The van der Waals surface area contributed by atoms with Crippen LogP contribution in [0.4, 0.5) is 4.39 Å². The number of aromatic nitrogens is 2. The number of carbonyl (C=O) groups excluding carboxylic acids is 1. The first kappa shape index (κ1) is 21.2. The summed E-state index contributed by atoms with van der Waals surface area (Å²) in [7, 11) is 0. The van der Waals surface area contributed by atoms with Gasteiger partial charge >= 0.3 is 5.69 Å². The van der Waals surface area contributed by atoms with Gasteiger partial charge in [0.25, 0.3) is 11.5 Å². The lowest BCUT2D eigenvalue weighted by atomic mass is 10.1. The first-order valence-electron chi connectivity index (χ1n) is 9.99. The van der Waals surface area contributed by atoms with Crippen LogP contribution in [0.15, 0.2) is 82.4 Å². The van der Waals surface area contributed by atoms with Crippen LogP contribution in [-0.4, -0.2) is 20.2 Å². The Morgan fingerprint density at radius 2 is 1.66 bits per heavy atom. The van der Waals surface area contributed by atoms with E-state index >= 15 is 0 Å². The summed E-state index contributed by atoms with van der Waals surface area (Å²) in [6.45, 7) is 0.0580. The molecule has 1 amide bonds. The third-order valence-electron chi connectivity index (χ3n) is 5.34. The molecule has 2 N–H and O–H groups in total. The average Bonchev–Trinajstić information content (AvgIpc) is 2.82. The second-order valence-electron chi connectivity index (χ2n) is 7.33. The Labute approximate surface area is 181 Å². The Hall–Kier alpha value is -4.04. The molecule has 162 valence electrons. The number of fused-ring (bicyclic) bond motifs is 1. The van der Waals surface area contributed by atoms with Crippen LogP contribution < -0.4 is 16.7 Å². The quantitative estimate of drug-likeness (QED) is 0.361. The lowest BCUT2D eigenvalue weighted by Crippen LogP contribution is -2.40. The van der Waals surface area contributed by atoms with E-state index in [1.165, 1.54) is 26.7 Å². The maximum absolute atomic E-state index is 14.7. The van der Waals surface area contributed by atoms with E-state index in [4.69, 9.17) is 5.21 Å². The molecular formula is C24H20FN3O4. The van der Waals surface area contributed by atoms with Gasteiger partial charge in [-0.15, -0.1) is 0 Å². The summed E-state index contributed by atoms with van der Waals surface area (Å²) in [5.74, 6) is -1.54. The number of hydrogen-bond acceptors (Lipinski definition) is 4. The van der Waals surface area contributed by atoms with Crippen molar-refractivity contribution in [3.8, 4) is 0 Å². The van der Waals surface area contributed by atoms with E-state index in [-0.39, 0.29) is 24.2 Å². The number of rotatable bonds is 6. The summed E-state index contributed by atoms with van der Waals surface area (Å²) in [5, 5.41) is 9.09. The molecule has 4 rings (SSSR count). The summed E-state index contributed by atoms with van der Waals surface area (Å²) in [6, 6.07) is 19.9. The minimum Gasteiger partial charge on any atom is -0.289 e. The number of nitrogens with one attached hydrogen (secondary N) is 1. The summed E-state index contributed by atoms with van der Waals surface area (Å²) in [6.07, 6.45) is 0.494. The predicted octanol–water partition coefficient (Wildman–Crippen LogP) is 2.71. The van der Waals surface area contributed by atoms with Crippen molar-refractivity contribution in [1.29, 1.82) is 0 Å². The molecule has 1 aromatic heterocycles. The van der Waals surface area contributed by atoms with Crippen molar-refractivity contribution >= 4 is 16.8 Å². The largest absolute Gasteiger partial charge is 0.331 e. The molecule has 0 saturated carbocycles. The van der Waals surface area contributed by atoms with Crippen LogP contribution in [0.25, 0.3) is 10.9 Å². The van der Waals surface area contributed by atoms with E-state index in [0.29, 0.717) is 17.3 Å². The molecule has 0 spiro atoms. The Morgan fingerprint density at radius 1 is 0.938 bits per heavy atom. The molecule has 0 aliphatic rings. The van der Waals surface area contributed by atoms with Crippen molar-refractivity contribution in [2.45, 2.75) is 19.5 Å². The van der Waals surface area contributed by atoms with Gasteiger partial charge in [-0.05, 0) is 36.2 Å². The topological polar surface area (TPSA) is 93.3 Å². The molecule has 0 aliphatic carbocycles. The monoisotopic (exact) mass is 433 g/mol. The fourth-order valence-electron chi connectivity index (χ4n) is 3.66. The number of benzene rings is 3. The Kier molecular flexibility index (Phi) is 5.96. The number of carbonyl (C=O) groups is 1. The highest BCUT2D eigenvalue weighted by atomic mass is 19.1. The molecule has 0 fully saturated rings. The fourth-order valence-corrected chi connectivity index (χ4v) is 3.66. The summed E-state index contributed by atoms with van der Waals surface area (Å²) < 4.78 is 17.2. The van der Waals surface area contributed by atoms with Gasteiger partial charge in [-0.2, -0.15) is 0 Å². The third kappa shape index (κ3) is 4.08. The van der Waals surface area contributed by atoms with Crippen molar-refractivity contribution in [3.05, 3.63) is 116 Å². The van der Waals surface area contributed by atoms with Gasteiger partial charge in [0, 0.05) is 17.7 Å². The number of hydroxylamine groups is 1. The van der Waals surface area contributed by atoms with Crippen molar-refractivity contribution in [2.24, 2.45) is 0 Å². The zero-order valence-corrected chi connectivity index (χ0v) is 17.0. The highest BCUT2D eigenvalue weighted by Gasteiger charge is 2.16. The first-order chi connectivity index (χ1) is 15.5. The molecule has 3 aromatic carbocycles.